The normalized spacial score (nSPS) is 16.1. The van der Waals surface area contributed by atoms with Gasteiger partial charge in [-0.1, -0.05) is 66.7 Å². The predicted molar refractivity (Wildman–Crippen MR) is 97.1 cm³/mol. The van der Waals surface area contributed by atoms with Gasteiger partial charge in [0.25, 0.3) is 5.91 Å². The molecule has 1 amide bonds. The van der Waals surface area contributed by atoms with Crippen molar-refractivity contribution in [2.45, 2.75) is 5.92 Å². The maximum atomic E-state index is 13.3. The molecule has 3 aromatic carbocycles. The minimum atomic E-state index is -0.256. The molecule has 0 N–H and O–H groups in total. The van der Waals surface area contributed by atoms with E-state index in [9.17, 15) is 4.79 Å². The zero-order chi connectivity index (χ0) is 16.5. The number of hydrogen-bond donors (Lipinski definition) is 0. The summed E-state index contributed by atoms with van der Waals surface area (Å²) in [5.74, 6) is -0.178. The van der Waals surface area contributed by atoms with E-state index in [1.807, 2.05) is 97.0 Å². The fourth-order valence-corrected chi connectivity index (χ4v) is 3.33. The Morgan fingerprint density at radius 2 is 1.38 bits per heavy atom. The Morgan fingerprint density at radius 1 is 0.792 bits per heavy atom. The number of rotatable bonds is 3. The molecule has 3 heteroatoms. The number of hydrazine groups is 1. The van der Waals surface area contributed by atoms with E-state index >= 15 is 0 Å². The van der Waals surface area contributed by atoms with Crippen LogP contribution in [-0.4, -0.2) is 13.0 Å². The monoisotopic (exact) mass is 314 g/mol. The van der Waals surface area contributed by atoms with Crippen LogP contribution in [0.1, 0.15) is 17.0 Å². The molecule has 1 aliphatic rings. The molecule has 118 valence electrons. The van der Waals surface area contributed by atoms with Crippen LogP contribution in [0.2, 0.25) is 0 Å². The van der Waals surface area contributed by atoms with Crippen molar-refractivity contribution in [2.24, 2.45) is 0 Å². The van der Waals surface area contributed by atoms with E-state index in [0.717, 1.165) is 22.5 Å². The van der Waals surface area contributed by atoms with Gasteiger partial charge in [0.2, 0.25) is 0 Å². The second-order valence-corrected chi connectivity index (χ2v) is 5.91. The number of carbonyl (C=O) groups excluding carboxylic acids is 1. The lowest BCUT2D eigenvalue weighted by Gasteiger charge is -2.30. The molecule has 24 heavy (non-hydrogen) atoms. The van der Waals surface area contributed by atoms with Gasteiger partial charge in [-0.2, -0.15) is 0 Å². The Bertz CT molecular complexity index is 861. The summed E-state index contributed by atoms with van der Waals surface area (Å²) in [6.07, 6.45) is 0. The first-order valence-corrected chi connectivity index (χ1v) is 8.04. The van der Waals surface area contributed by atoms with Crippen molar-refractivity contribution < 1.29 is 4.79 Å². The number of nitrogens with zero attached hydrogens (tertiary/aromatic N) is 2. The van der Waals surface area contributed by atoms with E-state index in [1.54, 1.807) is 5.01 Å². The van der Waals surface area contributed by atoms with Gasteiger partial charge in [0.15, 0.2) is 0 Å². The lowest BCUT2D eigenvalue weighted by Crippen LogP contribution is -2.43. The lowest BCUT2D eigenvalue weighted by molar-refractivity contribution is -0.118. The van der Waals surface area contributed by atoms with Gasteiger partial charge < -0.3 is 0 Å². The molecule has 3 nitrogen and oxygen atoms in total. The van der Waals surface area contributed by atoms with Gasteiger partial charge in [-0.05, 0) is 29.3 Å². The highest BCUT2D eigenvalue weighted by Gasteiger charge is 2.40. The van der Waals surface area contributed by atoms with Crippen LogP contribution in [-0.2, 0) is 4.79 Å². The molecular formula is C21H18N2O. The van der Waals surface area contributed by atoms with Crippen LogP contribution in [0.5, 0.6) is 0 Å². The van der Waals surface area contributed by atoms with E-state index in [-0.39, 0.29) is 11.8 Å². The van der Waals surface area contributed by atoms with Crippen molar-refractivity contribution in [3.8, 4) is 0 Å². The van der Waals surface area contributed by atoms with Crippen molar-refractivity contribution in [3.05, 3.63) is 96.1 Å². The molecule has 1 aliphatic heterocycles. The minimum Gasteiger partial charge on any atom is -0.281 e. The Balaban J connectivity index is 1.81. The summed E-state index contributed by atoms with van der Waals surface area (Å²) < 4.78 is 0. The molecule has 3 aromatic rings. The molecule has 1 unspecified atom stereocenters. The van der Waals surface area contributed by atoms with Crippen LogP contribution in [0.3, 0.4) is 0 Å². The number of anilines is 2. The second kappa shape index (κ2) is 5.85. The third kappa shape index (κ3) is 2.26. The van der Waals surface area contributed by atoms with Gasteiger partial charge >= 0.3 is 0 Å². The first-order chi connectivity index (χ1) is 11.8. The van der Waals surface area contributed by atoms with Crippen molar-refractivity contribution in [1.29, 1.82) is 0 Å². The fourth-order valence-electron chi connectivity index (χ4n) is 3.33. The fraction of sp³-hybridized carbons (Fsp3) is 0.0952. The highest BCUT2D eigenvalue weighted by atomic mass is 16.2. The summed E-state index contributed by atoms with van der Waals surface area (Å²) in [6.45, 7) is 0. The molecular weight excluding hydrogens is 296 g/mol. The maximum absolute atomic E-state index is 13.3. The summed E-state index contributed by atoms with van der Waals surface area (Å²) in [7, 11) is 1.93. The number of para-hydroxylation sites is 2. The predicted octanol–water partition coefficient (Wildman–Crippen LogP) is 4.22. The van der Waals surface area contributed by atoms with E-state index in [4.69, 9.17) is 0 Å². The van der Waals surface area contributed by atoms with Crippen LogP contribution in [0.15, 0.2) is 84.9 Å². The molecule has 0 saturated carbocycles. The van der Waals surface area contributed by atoms with Crippen LogP contribution < -0.4 is 10.0 Å². The molecule has 0 fully saturated rings. The summed E-state index contributed by atoms with van der Waals surface area (Å²) in [4.78, 5) is 13.3. The maximum Gasteiger partial charge on any atom is 0.257 e. The van der Waals surface area contributed by atoms with Crippen LogP contribution in [0.4, 0.5) is 11.4 Å². The molecule has 1 heterocycles. The highest BCUT2D eigenvalue weighted by Crippen LogP contribution is 2.42. The summed E-state index contributed by atoms with van der Waals surface area (Å²) in [5, 5.41) is 3.70. The third-order valence-electron chi connectivity index (χ3n) is 4.49. The third-order valence-corrected chi connectivity index (χ3v) is 4.49. The van der Waals surface area contributed by atoms with Crippen LogP contribution >= 0.6 is 0 Å². The molecule has 0 aliphatic carbocycles. The van der Waals surface area contributed by atoms with Gasteiger partial charge in [0.1, 0.15) is 0 Å². The molecule has 0 radical (unpaired) electrons. The Hall–Kier alpha value is -3.07. The lowest BCUT2D eigenvalue weighted by atomic mass is 9.93. The molecule has 4 rings (SSSR count). The Kier molecular flexibility index (Phi) is 3.54. The van der Waals surface area contributed by atoms with Gasteiger partial charge in [0.05, 0.1) is 17.3 Å². The number of amides is 1. The second-order valence-electron chi connectivity index (χ2n) is 5.91. The van der Waals surface area contributed by atoms with Gasteiger partial charge in [-0.15, -0.1) is 0 Å². The van der Waals surface area contributed by atoms with Crippen molar-refractivity contribution in [3.63, 3.8) is 0 Å². The van der Waals surface area contributed by atoms with Crippen molar-refractivity contribution >= 4 is 17.3 Å². The first-order valence-electron chi connectivity index (χ1n) is 8.04. The quantitative estimate of drug-likeness (QED) is 0.723. The van der Waals surface area contributed by atoms with Crippen molar-refractivity contribution in [2.75, 3.05) is 17.1 Å². The van der Waals surface area contributed by atoms with Crippen LogP contribution in [0.25, 0.3) is 0 Å². The molecule has 1 atom stereocenters. The number of carbonyl (C=O) groups is 1. The number of benzene rings is 3. The highest BCUT2D eigenvalue weighted by molar-refractivity contribution is 6.08. The molecule has 0 aromatic heterocycles. The number of fused-ring (bicyclic) bond motifs is 1. The Labute approximate surface area is 141 Å². The zero-order valence-corrected chi connectivity index (χ0v) is 13.5. The topological polar surface area (TPSA) is 23.6 Å². The van der Waals surface area contributed by atoms with E-state index in [1.165, 1.54) is 0 Å². The Morgan fingerprint density at radius 3 is 2.08 bits per heavy atom. The summed E-state index contributed by atoms with van der Waals surface area (Å²) >= 11 is 0. The average Bonchev–Trinajstić information content (AvgIpc) is 2.94. The number of hydrogen-bond acceptors (Lipinski definition) is 2. The smallest absolute Gasteiger partial charge is 0.257 e. The van der Waals surface area contributed by atoms with Gasteiger partial charge in [0, 0.05) is 7.05 Å². The van der Waals surface area contributed by atoms with E-state index in [2.05, 4.69) is 0 Å². The molecule has 0 bridgehead atoms. The van der Waals surface area contributed by atoms with E-state index < -0.39 is 0 Å². The van der Waals surface area contributed by atoms with Gasteiger partial charge in [-0.25, -0.2) is 5.01 Å². The van der Waals surface area contributed by atoms with Crippen LogP contribution in [0, 0.1) is 0 Å². The standard InChI is InChI=1S/C21H18N2O/c1-22(17-12-6-3-7-13-17)23-19-15-9-8-14-18(19)20(21(23)24)16-10-4-2-5-11-16/h2-15,20H,1H3. The SMILES string of the molecule is CN(c1ccccc1)N1C(=O)C(c2ccccc2)c2ccccc21. The minimum absolute atomic E-state index is 0.0775. The molecule has 0 spiro atoms. The largest absolute Gasteiger partial charge is 0.281 e. The van der Waals surface area contributed by atoms with E-state index in [0.29, 0.717) is 0 Å². The van der Waals surface area contributed by atoms with Gasteiger partial charge in [-0.3, -0.25) is 9.80 Å². The summed E-state index contributed by atoms with van der Waals surface area (Å²) in [5.41, 5.74) is 4.01. The first kappa shape index (κ1) is 14.5. The molecule has 0 saturated heterocycles. The zero-order valence-electron chi connectivity index (χ0n) is 13.5. The average molecular weight is 314 g/mol. The van der Waals surface area contributed by atoms with Crippen molar-refractivity contribution in [1.82, 2.24) is 0 Å². The summed E-state index contributed by atoms with van der Waals surface area (Å²) in [6, 6.07) is 27.9.